The van der Waals surface area contributed by atoms with E-state index in [9.17, 15) is 0 Å². The zero-order valence-corrected chi connectivity index (χ0v) is 13.4. The number of likely N-dealkylation sites (tertiary alicyclic amines) is 1. The Labute approximate surface area is 136 Å². The third-order valence-electron chi connectivity index (χ3n) is 4.70. The maximum absolute atomic E-state index is 6.09. The van der Waals surface area contributed by atoms with E-state index >= 15 is 0 Å². The molecule has 0 aliphatic carbocycles. The van der Waals surface area contributed by atoms with Crippen molar-refractivity contribution in [3.05, 3.63) is 48.0 Å². The number of rotatable bonds is 4. The molecule has 0 N–H and O–H groups in total. The number of fused-ring (bicyclic) bond motifs is 1. The van der Waals surface area contributed by atoms with E-state index in [1.54, 1.807) is 6.20 Å². The van der Waals surface area contributed by atoms with Crippen LogP contribution in [0.15, 0.2) is 40.9 Å². The van der Waals surface area contributed by atoms with E-state index in [0.717, 1.165) is 44.1 Å². The van der Waals surface area contributed by atoms with Gasteiger partial charge in [-0.3, -0.25) is 4.90 Å². The summed E-state index contributed by atoms with van der Waals surface area (Å²) >= 11 is 0. The number of ether oxygens (including phenoxy) is 2. The first-order valence-corrected chi connectivity index (χ1v) is 8.28. The highest BCUT2D eigenvalue weighted by Crippen LogP contribution is 2.32. The Bertz CT molecular complexity index is 643. The highest BCUT2D eigenvalue weighted by atomic mass is 16.5. The molecule has 2 aliphatic heterocycles. The van der Waals surface area contributed by atoms with Crippen LogP contribution in [0.1, 0.15) is 24.4 Å². The van der Waals surface area contributed by atoms with Gasteiger partial charge in [0.1, 0.15) is 23.7 Å². The summed E-state index contributed by atoms with van der Waals surface area (Å²) in [6, 6.07) is 10.2. The van der Waals surface area contributed by atoms with Crippen molar-refractivity contribution < 1.29 is 13.9 Å². The molecule has 122 valence electrons. The monoisotopic (exact) mass is 314 g/mol. The van der Waals surface area contributed by atoms with Gasteiger partial charge in [-0.1, -0.05) is 6.07 Å². The molecule has 5 heteroatoms. The smallest absolute Gasteiger partial charge is 0.213 e. The molecule has 23 heavy (non-hydrogen) atoms. The molecule has 0 bridgehead atoms. The Hall–Kier alpha value is -1.85. The van der Waals surface area contributed by atoms with Crippen molar-refractivity contribution in [2.24, 2.45) is 0 Å². The molecule has 2 aromatic heterocycles. The van der Waals surface area contributed by atoms with Crippen molar-refractivity contribution in [3.63, 3.8) is 0 Å². The average molecular weight is 314 g/mol. The fraction of sp³-hybridized carbons (Fsp3) is 0.500. The Morgan fingerprint density at radius 2 is 2.22 bits per heavy atom. The van der Waals surface area contributed by atoms with E-state index in [4.69, 9.17) is 13.9 Å². The predicted molar refractivity (Wildman–Crippen MR) is 85.3 cm³/mol. The summed E-state index contributed by atoms with van der Waals surface area (Å²) < 4.78 is 17.8. The molecule has 0 amide bonds. The van der Waals surface area contributed by atoms with Crippen LogP contribution in [0, 0.1) is 6.92 Å². The lowest BCUT2D eigenvalue weighted by molar-refractivity contribution is -0.0585. The summed E-state index contributed by atoms with van der Waals surface area (Å²) in [5.74, 6) is 2.67. The van der Waals surface area contributed by atoms with Crippen molar-refractivity contribution in [1.29, 1.82) is 0 Å². The fourth-order valence-corrected chi connectivity index (χ4v) is 3.63. The first-order chi connectivity index (χ1) is 11.3. The SMILES string of the molecule is Cc1ccc(CN2CC[C@@H](Oc3ccccn3)[C@H]3OCC[C@@H]32)o1. The summed E-state index contributed by atoms with van der Waals surface area (Å²) in [5.41, 5.74) is 0. The number of hydrogen-bond donors (Lipinski definition) is 0. The Morgan fingerprint density at radius 3 is 3.00 bits per heavy atom. The lowest BCUT2D eigenvalue weighted by Crippen LogP contribution is -2.53. The zero-order chi connectivity index (χ0) is 15.6. The highest BCUT2D eigenvalue weighted by Gasteiger charge is 2.43. The molecule has 0 saturated carbocycles. The highest BCUT2D eigenvalue weighted by molar-refractivity contribution is 5.11. The van der Waals surface area contributed by atoms with Crippen LogP contribution in [0.2, 0.25) is 0 Å². The minimum absolute atomic E-state index is 0.0759. The van der Waals surface area contributed by atoms with E-state index in [1.807, 2.05) is 31.2 Å². The van der Waals surface area contributed by atoms with Gasteiger partial charge in [0, 0.05) is 31.5 Å². The van der Waals surface area contributed by atoms with Gasteiger partial charge in [-0.2, -0.15) is 0 Å². The fourth-order valence-electron chi connectivity index (χ4n) is 3.63. The van der Waals surface area contributed by atoms with Crippen molar-refractivity contribution >= 4 is 0 Å². The van der Waals surface area contributed by atoms with Gasteiger partial charge in [0.05, 0.1) is 6.54 Å². The van der Waals surface area contributed by atoms with Gasteiger partial charge in [-0.15, -0.1) is 0 Å². The summed E-state index contributed by atoms with van der Waals surface area (Å²) in [6.07, 6.45) is 3.94. The lowest BCUT2D eigenvalue weighted by Gasteiger charge is -2.40. The minimum Gasteiger partial charge on any atom is -0.471 e. The topological polar surface area (TPSA) is 47.7 Å². The molecule has 5 nitrogen and oxygen atoms in total. The van der Waals surface area contributed by atoms with Gasteiger partial charge in [-0.25, -0.2) is 4.98 Å². The number of aromatic nitrogens is 1. The Kier molecular flexibility index (Phi) is 4.06. The van der Waals surface area contributed by atoms with Crippen LogP contribution in [-0.2, 0) is 11.3 Å². The Balaban J connectivity index is 1.45. The predicted octanol–water partition coefficient (Wildman–Crippen LogP) is 2.79. The second-order valence-electron chi connectivity index (χ2n) is 6.29. The van der Waals surface area contributed by atoms with Crippen molar-refractivity contribution in [1.82, 2.24) is 9.88 Å². The van der Waals surface area contributed by atoms with Gasteiger partial charge in [-0.05, 0) is 38.0 Å². The molecule has 0 radical (unpaired) electrons. The average Bonchev–Trinajstić information content (AvgIpc) is 3.20. The van der Waals surface area contributed by atoms with Crippen LogP contribution in [0.25, 0.3) is 0 Å². The molecule has 0 unspecified atom stereocenters. The van der Waals surface area contributed by atoms with Crippen LogP contribution in [0.3, 0.4) is 0 Å². The normalized spacial score (nSPS) is 27.8. The second-order valence-corrected chi connectivity index (χ2v) is 6.29. The lowest BCUT2D eigenvalue weighted by atomic mass is 9.95. The molecular weight excluding hydrogens is 292 g/mol. The van der Waals surface area contributed by atoms with Gasteiger partial charge in [0.15, 0.2) is 0 Å². The summed E-state index contributed by atoms with van der Waals surface area (Å²) in [7, 11) is 0. The van der Waals surface area contributed by atoms with E-state index in [0.29, 0.717) is 11.9 Å². The zero-order valence-electron chi connectivity index (χ0n) is 13.4. The largest absolute Gasteiger partial charge is 0.471 e. The van der Waals surface area contributed by atoms with Crippen LogP contribution in [0.5, 0.6) is 5.88 Å². The van der Waals surface area contributed by atoms with Crippen LogP contribution in [-0.4, -0.2) is 41.3 Å². The molecule has 0 spiro atoms. The maximum Gasteiger partial charge on any atom is 0.213 e. The van der Waals surface area contributed by atoms with Crippen molar-refractivity contribution in [3.8, 4) is 5.88 Å². The van der Waals surface area contributed by atoms with Crippen molar-refractivity contribution in [2.75, 3.05) is 13.2 Å². The van der Waals surface area contributed by atoms with Gasteiger partial charge in [0.25, 0.3) is 0 Å². The van der Waals surface area contributed by atoms with Crippen LogP contribution in [0.4, 0.5) is 0 Å². The van der Waals surface area contributed by atoms with Crippen LogP contribution < -0.4 is 4.74 Å². The minimum atomic E-state index is 0.0759. The third kappa shape index (κ3) is 3.12. The van der Waals surface area contributed by atoms with Gasteiger partial charge < -0.3 is 13.9 Å². The van der Waals surface area contributed by atoms with Crippen LogP contribution >= 0.6 is 0 Å². The maximum atomic E-state index is 6.09. The first kappa shape index (κ1) is 14.7. The third-order valence-corrected chi connectivity index (χ3v) is 4.70. The summed E-state index contributed by atoms with van der Waals surface area (Å²) in [5, 5.41) is 0. The molecule has 2 aliphatic rings. The second kappa shape index (κ2) is 6.34. The number of nitrogens with zero attached hydrogens (tertiary/aromatic N) is 2. The Morgan fingerprint density at radius 1 is 1.26 bits per heavy atom. The molecular formula is C18H22N2O3. The molecule has 2 fully saturated rings. The molecule has 2 saturated heterocycles. The standard InChI is InChI=1S/C18H22N2O3/c1-13-5-6-14(22-13)12-20-10-7-16(18-15(20)8-11-21-18)23-17-4-2-3-9-19-17/h2-6,9,15-16,18H,7-8,10-12H2,1H3/t15-,16+,18-/m0/s1. The number of furan rings is 1. The number of piperidine rings is 1. The molecule has 4 rings (SSSR count). The summed E-state index contributed by atoms with van der Waals surface area (Å²) in [6.45, 7) is 4.61. The molecule has 3 atom stereocenters. The number of hydrogen-bond acceptors (Lipinski definition) is 5. The summed E-state index contributed by atoms with van der Waals surface area (Å²) in [4.78, 5) is 6.74. The first-order valence-electron chi connectivity index (χ1n) is 8.28. The van der Waals surface area contributed by atoms with E-state index in [-0.39, 0.29) is 12.2 Å². The number of pyridine rings is 1. The van der Waals surface area contributed by atoms with E-state index in [2.05, 4.69) is 16.0 Å². The molecule has 4 heterocycles. The van der Waals surface area contributed by atoms with E-state index in [1.165, 1.54) is 0 Å². The quantitative estimate of drug-likeness (QED) is 0.868. The number of aryl methyl sites for hydroxylation is 1. The van der Waals surface area contributed by atoms with Crippen molar-refractivity contribution in [2.45, 2.75) is 44.6 Å². The molecule has 2 aromatic rings. The molecule has 0 aromatic carbocycles. The van der Waals surface area contributed by atoms with E-state index < -0.39 is 0 Å². The van der Waals surface area contributed by atoms with Gasteiger partial charge >= 0.3 is 0 Å². The van der Waals surface area contributed by atoms with Gasteiger partial charge in [0.2, 0.25) is 5.88 Å².